The Morgan fingerprint density at radius 1 is 1.00 bits per heavy atom. The first kappa shape index (κ1) is 14.9. The zero-order valence-corrected chi connectivity index (χ0v) is 12.2. The SMILES string of the molecule is CCN1C(=O)N(COC)C2C1N(CCO)C(=O)N2CC. The summed E-state index contributed by atoms with van der Waals surface area (Å²) in [5, 5.41) is 9.16. The molecule has 2 aliphatic rings. The van der Waals surface area contributed by atoms with Crippen molar-refractivity contribution < 1.29 is 19.4 Å². The fourth-order valence-electron chi connectivity index (χ4n) is 3.01. The second kappa shape index (κ2) is 5.84. The smallest absolute Gasteiger partial charge is 0.325 e. The Kier molecular flexibility index (Phi) is 4.34. The molecule has 0 aromatic heterocycles. The van der Waals surface area contributed by atoms with Crippen LogP contribution in [0.1, 0.15) is 13.8 Å². The molecule has 1 N–H and O–H groups in total. The van der Waals surface area contributed by atoms with Gasteiger partial charge < -0.3 is 19.6 Å². The van der Waals surface area contributed by atoms with Crippen molar-refractivity contribution in [2.45, 2.75) is 26.2 Å². The average molecular weight is 286 g/mol. The van der Waals surface area contributed by atoms with Crippen molar-refractivity contribution in [3.8, 4) is 0 Å². The molecule has 0 aliphatic carbocycles. The maximum absolute atomic E-state index is 12.4. The number of hydrogen-bond acceptors (Lipinski definition) is 4. The Bertz CT molecular complexity index is 356. The second-order valence-corrected chi connectivity index (χ2v) is 4.77. The second-order valence-electron chi connectivity index (χ2n) is 4.77. The Morgan fingerprint density at radius 2 is 1.50 bits per heavy atom. The molecule has 8 nitrogen and oxygen atoms in total. The van der Waals surface area contributed by atoms with Gasteiger partial charge in [0.15, 0.2) is 6.17 Å². The van der Waals surface area contributed by atoms with Crippen molar-refractivity contribution in [1.82, 2.24) is 19.6 Å². The lowest BCUT2D eigenvalue weighted by Gasteiger charge is -2.28. The van der Waals surface area contributed by atoms with Crippen molar-refractivity contribution in [2.75, 3.05) is 40.1 Å². The molecular formula is C12H22N4O4. The third kappa shape index (κ3) is 1.99. The molecule has 4 amide bonds. The highest BCUT2D eigenvalue weighted by molar-refractivity contribution is 5.85. The summed E-state index contributed by atoms with van der Waals surface area (Å²) in [7, 11) is 1.52. The molecule has 2 rings (SSSR count). The number of aliphatic hydroxyl groups excluding tert-OH is 1. The molecule has 0 bridgehead atoms. The van der Waals surface area contributed by atoms with E-state index < -0.39 is 0 Å². The van der Waals surface area contributed by atoms with Gasteiger partial charge >= 0.3 is 12.1 Å². The number of fused-ring (bicyclic) bond motifs is 1. The van der Waals surface area contributed by atoms with Crippen molar-refractivity contribution in [2.24, 2.45) is 0 Å². The third-order valence-corrected chi connectivity index (χ3v) is 3.82. The molecule has 0 radical (unpaired) electrons. The van der Waals surface area contributed by atoms with E-state index in [2.05, 4.69) is 0 Å². The molecule has 2 unspecified atom stereocenters. The van der Waals surface area contributed by atoms with Crippen LogP contribution in [0.5, 0.6) is 0 Å². The molecule has 0 aromatic carbocycles. The van der Waals surface area contributed by atoms with Gasteiger partial charge in [0.2, 0.25) is 0 Å². The number of amides is 4. The van der Waals surface area contributed by atoms with Gasteiger partial charge in [-0.15, -0.1) is 0 Å². The Balaban J connectivity index is 2.37. The molecule has 2 fully saturated rings. The van der Waals surface area contributed by atoms with Crippen molar-refractivity contribution >= 4 is 12.1 Å². The Morgan fingerprint density at radius 3 is 1.95 bits per heavy atom. The number of nitrogens with zero attached hydrogens (tertiary/aromatic N) is 4. The third-order valence-electron chi connectivity index (χ3n) is 3.82. The fourth-order valence-corrected chi connectivity index (χ4v) is 3.01. The lowest BCUT2D eigenvalue weighted by atomic mass is 10.3. The lowest BCUT2D eigenvalue weighted by molar-refractivity contribution is 0.0359. The molecule has 2 saturated heterocycles. The maximum Gasteiger partial charge on any atom is 0.325 e. The number of ether oxygens (including phenoxy) is 1. The minimum Gasteiger partial charge on any atom is -0.395 e. The summed E-state index contributed by atoms with van der Waals surface area (Å²) in [4.78, 5) is 31.2. The zero-order valence-electron chi connectivity index (χ0n) is 12.2. The van der Waals surface area contributed by atoms with Gasteiger partial charge in [0.1, 0.15) is 12.9 Å². The molecule has 8 heteroatoms. The van der Waals surface area contributed by atoms with E-state index in [1.165, 1.54) is 7.11 Å². The van der Waals surface area contributed by atoms with Gasteiger partial charge in [-0.3, -0.25) is 9.80 Å². The first-order chi connectivity index (χ1) is 9.62. The average Bonchev–Trinajstić information content (AvgIpc) is 2.85. The number of rotatable bonds is 6. The largest absolute Gasteiger partial charge is 0.395 e. The highest BCUT2D eigenvalue weighted by Gasteiger charge is 2.57. The summed E-state index contributed by atoms with van der Waals surface area (Å²) in [6.07, 6.45) is -0.714. The standard InChI is InChI=1S/C12H22N4O4/c1-4-13-9-10(16(8-20-3)12(13)19)14(5-2)11(18)15(9)6-7-17/h9-10,17H,4-8H2,1-3H3. The minimum absolute atomic E-state index is 0.122. The molecule has 2 atom stereocenters. The fraction of sp³-hybridized carbons (Fsp3) is 0.833. The number of β-amino-alcohol motifs (C(OH)–C–C–N with tert-alkyl or cyclic N) is 1. The van der Waals surface area contributed by atoms with E-state index in [1.54, 1.807) is 19.6 Å². The molecule has 114 valence electrons. The number of carbonyl (C=O) groups excluding carboxylic acids is 2. The monoisotopic (exact) mass is 286 g/mol. The normalized spacial score (nSPS) is 26.0. The molecule has 2 heterocycles. The summed E-state index contributed by atoms with van der Waals surface area (Å²) in [6, 6.07) is -0.290. The molecular weight excluding hydrogens is 264 g/mol. The number of likely N-dealkylation sites (N-methyl/N-ethyl adjacent to an activating group) is 2. The number of urea groups is 2. The van der Waals surface area contributed by atoms with Crippen molar-refractivity contribution in [3.63, 3.8) is 0 Å². The van der Waals surface area contributed by atoms with Crippen molar-refractivity contribution in [1.29, 1.82) is 0 Å². The van der Waals surface area contributed by atoms with Crippen LogP contribution in [-0.4, -0.2) is 89.2 Å². The highest BCUT2D eigenvalue weighted by Crippen LogP contribution is 2.34. The maximum atomic E-state index is 12.4. The van der Waals surface area contributed by atoms with E-state index in [-0.39, 0.29) is 44.3 Å². The number of carbonyl (C=O) groups is 2. The summed E-state index contributed by atoms with van der Waals surface area (Å²) in [6.45, 7) is 5.01. The summed E-state index contributed by atoms with van der Waals surface area (Å²) in [5.74, 6) is 0. The topological polar surface area (TPSA) is 76.6 Å². The van der Waals surface area contributed by atoms with Crippen LogP contribution in [0, 0.1) is 0 Å². The molecule has 20 heavy (non-hydrogen) atoms. The van der Waals surface area contributed by atoms with E-state index in [4.69, 9.17) is 9.84 Å². The van der Waals surface area contributed by atoms with E-state index in [0.29, 0.717) is 13.1 Å². The predicted octanol–water partition coefficient (Wildman–Crippen LogP) is -0.250. The van der Waals surface area contributed by atoms with Gasteiger partial charge in [0.25, 0.3) is 0 Å². The first-order valence-electron chi connectivity index (χ1n) is 6.86. The summed E-state index contributed by atoms with van der Waals surface area (Å²) in [5.41, 5.74) is 0. The van der Waals surface area contributed by atoms with Gasteiger partial charge in [0.05, 0.1) is 6.61 Å². The van der Waals surface area contributed by atoms with Crippen LogP contribution in [0.25, 0.3) is 0 Å². The van der Waals surface area contributed by atoms with E-state index >= 15 is 0 Å². The zero-order chi connectivity index (χ0) is 14.9. The van der Waals surface area contributed by atoms with Crippen LogP contribution >= 0.6 is 0 Å². The predicted molar refractivity (Wildman–Crippen MR) is 70.6 cm³/mol. The lowest BCUT2D eigenvalue weighted by Crippen LogP contribution is -2.47. The summed E-state index contributed by atoms with van der Waals surface area (Å²) >= 11 is 0. The molecule has 2 aliphatic heterocycles. The first-order valence-corrected chi connectivity index (χ1v) is 6.86. The van der Waals surface area contributed by atoms with Crippen LogP contribution in [0.15, 0.2) is 0 Å². The van der Waals surface area contributed by atoms with Crippen molar-refractivity contribution in [3.05, 3.63) is 0 Å². The van der Waals surface area contributed by atoms with Crippen LogP contribution in [0.2, 0.25) is 0 Å². The number of methoxy groups -OCH3 is 1. The van der Waals surface area contributed by atoms with E-state index in [9.17, 15) is 9.59 Å². The van der Waals surface area contributed by atoms with Crippen LogP contribution in [-0.2, 0) is 4.74 Å². The van der Waals surface area contributed by atoms with Gasteiger partial charge in [0, 0.05) is 26.7 Å². The van der Waals surface area contributed by atoms with E-state index in [1.807, 2.05) is 13.8 Å². The van der Waals surface area contributed by atoms with Gasteiger partial charge in [-0.1, -0.05) is 0 Å². The quantitative estimate of drug-likeness (QED) is 0.730. The number of hydrogen-bond donors (Lipinski definition) is 1. The minimum atomic E-state index is -0.359. The molecule has 0 saturated carbocycles. The van der Waals surface area contributed by atoms with Crippen LogP contribution < -0.4 is 0 Å². The van der Waals surface area contributed by atoms with Gasteiger partial charge in [-0.25, -0.2) is 9.59 Å². The molecule has 0 spiro atoms. The van der Waals surface area contributed by atoms with Crippen LogP contribution in [0.3, 0.4) is 0 Å². The number of aliphatic hydroxyl groups is 1. The highest BCUT2D eigenvalue weighted by atomic mass is 16.5. The van der Waals surface area contributed by atoms with E-state index in [0.717, 1.165) is 0 Å². The van der Waals surface area contributed by atoms with Gasteiger partial charge in [-0.2, -0.15) is 0 Å². The van der Waals surface area contributed by atoms with Gasteiger partial charge in [-0.05, 0) is 13.8 Å². The Hall–Kier alpha value is -1.54. The summed E-state index contributed by atoms with van der Waals surface area (Å²) < 4.78 is 5.09. The Labute approximate surface area is 118 Å². The molecule has 0 aromatic rings. The van der Waals surface area contributed by atoms with Crippen LogP contribution in [0.4, 0.5) is 9.59 Å².